The highest BCUT2D eigenvalue weighted by atomic mass is 16.6. The van der Waals surface area contributed by atoms with Gasteiger partial charge in [0.05, 0.1) is 6.54 Å². The van der Waals surface area contributed by atoms with E-state index in [9.17, 15) is 19.2 Å². The third-order valence-corrected chi connectivity index (χ3v) is 4.92. The van der Waals surface area contributed by atoms with Gasteiger partial charge in [-0.2, -0.15) is 0 Å². The molecule has 0 radical (unpaired) electrons. The van der Waals surface area contributed by atoms with Crippen LogP contribution in [0, 0.1) is 5.92 Å². The highest BCUT2D eigenvalue weighted by molar-refractivity contribution is 5.98. The first-order valence-corrected chi connectivity index (χ1v) is 7.60. The minimum atomic E-state index is -1.11. The van der Waals surface area contributed by atoms with Crippen molar-refractivity contribution in [2.45, 2.75) is 37.7 Å². The van der Waals surface area contributed by atoms with Crippen LogP contribution in [-0.2, 0) is 28.6 Å². The lowest BCUT2D eigenvalue weighted by atomic mass is 9.84. The zero-order valence-corrected chi connectivity index (χ0v) is 12.5. The molecule has 0 unspecified atom stereocenters. The van der Waals surface area contributed by atoms with Gasteiger partial charge in [0.25, 0.3) is 5.91 Å². The predicted molar refractivity (Wildman–Crippen MR) is 70.7 cm³/mol. The van der Waals surface area contributed by atoms with Crippen LogP contribution >= 0.6 is 0 Å². The number of hydrogen-bond acceptors (Lipinski definition) is 7. The Morgan fingerprint density at radius 1 is 1.30 bits per heavy atom. The number of esters is 1. The lowest BCUT2D eigenvalue weighted by Gasteiger charge is -2.38. The van der Waals surface area contributed by atoms with E-state index in [1.54, 1.807) is 4.90 Å². The number of piperidine rings is 1. The van der Waals surface area contributed by atoms with Crippen molar-refractivity contribution in [1.82, 2.24) is 9.80 Å². The molecule has 4 saturated heterocycles. The summed E-state index contributed by atoms with van der Waals surface area (Å²) in [7, 11) is 0. The molecule has 3 amide bonds. The largest absolute Gasteiger partial charge is 0.458 e. The Balaban J connectivity index is 1.72. The summed E-state index contributed by atoms with van der Waals surface area (Å²) in [5.74, 6) is -2.27. The van der Waals surface area contributed by atoms with Crippen LogP contribution in [0.2, 0.25) is 0 Å². The molecule has 4 heterocycles. The predicted octanol–water partition coefficient (Wildman–Crippen LogP) is -0.756. The number of ether oxygens (including phenoxy) is 3. The fraction of sp³-hybridized carbons (Fsp3) is 0.714. The second-order valence-corrected chi connectivity index (χ2v) is 6.13. The maximum absolute atomic E-state index is 12.9. The van der Waals surface area contributed by atoms with E-state index in [1.165, 1.54) is 6.92 Å². The normalized spacial score (nSPS) is 38.0. The van der Waals surface area contributed by atoms with Crippen molar-refractivity contribution in [2.75, 3.05) is 19.7 Å². The van der Waals surface area contributed by atoms with Gasteiger partial charge in [0.2, 0.25) is 5.91 Å². The molecular formula is C14H16N2O7. The van der Waals surface area contributed by atoms with Crippen LogP contribution < -0.4 is 0 Å². The van der Waals surface area contributed by atoms with E-state index in [0.29, 0.717) is 19.4 Å². The van der Waals surface area contributed by atoms with Crippen molar-refractivity contribution in [1.29, 1.82) is 0 Å². The van der Waals surface area contributed by atoms with Crippen LogP contribution in [0.1, 0.15) is 19.8 Å². The van der Waals surface area contributed by atoms with Crippen LogP contribution in [0.5, 0.6) is 0 Å². The number of fused-ring (bicyclic) bond motifs is 1. The van der Waals surface area contributed by atoms with Crippen molar-refractivity contribution in [3.05, 3.63) is 0 Å². The molecule has 1 spiro atoms. The zero-order chi connectivity index (χ0) is 16.4. The molecule has 4 atom stereocenters. The fourth-order valence-corrected chi connectivity index (χ4v) is 4.11. The Hall–Kier alpha value is -2.16. The first-order valence-electron chi connectivity index (χ1n) is 7.60. The van der Waals surface area contributed by atoms with E-state index < -0.39 is 41.8 Å². The average molecular weight is 324 g/mol. The Kier molecular flexibility index (Phi) is 2.93. The number of imide groups is 1. The summed E-state index contributed by atoms with van der Waals surface area (Å²) in [5, 5.41) is 0. The lowest BCUT2D eigenvalue weighted by Crippen LogP contribution is -2.60. The molecule has 9 nitrogen and oxygen atoms in total. The monoisotopic (exact) mass is 324 g/mol. The molecule has 4 rings (SSSR count). The van der Waals surface area contributed by atoms with Crippen molar-refractivity contribution < 1.29 is 33.4 Å². The minimum Gasteiger partial charge on any atom is -0.458 e. The second kappa shape index (κ2) is 4.67. The van der Waals surface area contributed by atoms with Crippen molar-refractivity contribution in [3.8, 4) is 0 Å². The van der Waals surface area contributed by atoms with Gasteiger partial charge in [-0.3, -0.25) is 14.4 Å². The van der Waals surface area contributed by atoms with E-state index in [4.69, 9.17) is 14.2 Å². The molecule has 0 aliphatic carbocycles. The summed E-state index contributed by atoms with van der Waals surface area (Å²) in [6, 6.07) is 0. The van der Waals surface area contributed by atoms with Gasteiger partial charge in [0.1, 0.15) is 12.5 Å². The third kappa shape index (κ3) is 1.76. The van der Waals surface area contributed by atoms with E-state index in [2.05, 4.69) is 0 Å². The summed E-state index contributed by atoms with van der Waals surface area (Å²) < 4.78 is 15.9. The molecule has 4 aliphatic heterocycles. The number of carbonyl (C=O) groups excluding carboxylic acids is 4. The number of amides is 3. The van der Waals surface area contributed by atoms with Gasteiger partial charge in [-0.25, -0.2) is 9.69 Å². The number of carbonyl (C=O) groups is 4. The number of cyclic esters (lactones) is 1. The maximum atomic E-state index is 12.9. The molecule has 9 heteroatoms. The molecular weight excluding hydrogens is 308 g/mol. The average Bonchev–Trinajstić information content (AvgIpc) is 3.20. The SMILES string of the molecule is CC(=O)O[C@H]1[C@H]2O[C@@]3(CCCN3C2=O)[C@H]1C(=O)N1CCOC1=O. The summed E-state index contributed by atoms with van der Waals surface area (Å²) in [5.41, 5.74) is -1.11. The molecule has 0 aromatic heterocycles. The van der Waals surface area contributed by atoms with Gasteiger partial charge in [0, 0.05) is 13.5 Å². The van der Waals surface area contributed by atoms with Gasteiger partial charge in [-0.05, 0) is 12.8 Å². The van der Waals surface area contributed by atoms with Crippen LogP contribution in [0.3, 0.4) is 0 Å². The van der Waals surface area contributed by atoms with Gasteiger partial charge in [-0.1, -0.05) is 0 Å². The molecule has 4 aliphatic rings. The van der Waals surface area contributed by atoms with E-state index in [0.717, 1.165) is 4.90 Å². The Bertz CT molecular complexity index is 620. The van der Waals surface area contributed by atoms with E-state index in [1.807, 2.05) is 0 Å². The van der Waals surface area contributed by atoms with Gasteiger partial charge < -0.3 is 19.1 Å². The number of nitrogens with zero attached hydrogens (tertiary/aromatic N) is 2. The summed E-state index contributed by atoms with van der Waals surface area (Å²) >= 11 is 0. The van der Waals surface area contributed by atoms with Crippen LogP contribution in [-0.4, -0.2) is 71.3 Å². The molecule has 0 aromatic rings. The second-order valence-electron chi connectivity index (χ2n) is 6.13. The van der Waals surface area contributed by atoms with E-state index in [-0.39, 0.29) is 19.1 Å². The van der Waals surface area contributed by atoms with Gasteiger partial charge in [0.15, 0.2) is 17.9 Å². The van der Waals surface area contributed by atoms with Crippen LogP contribution in [0.4, 0.5) is 4.79 Å². The first-order chi connectivity index (χ1) is 11.0. The molecule has 4 fully saturated rings. The Labute approximate surface area is 131 Å². The lowest BCUT2D eigenvalue weighted by molar-refractivity contribution is -0.163. The summed E-state index contributed by atoms with van der Waals surface area (Å²) in [4.78, 5) is 50.9. The maximum Gasteiger partial charge on any atom is 0.416 e. The van der Waals surface area contributed by atoms with Crippen LogP contribution in [0.25, 0.3) is 0 Å². The molecule has 0 saturated carbocycles. The molecule has 124 valence electrons. The van der Waals surface area contributed by atoms with E-state index >= 15 is 0 Å². The van der Waals surface area contributed by atoms with Gasteiger partial charge in [-0.15, -0.1) is 0 Å². The van der Waals surface area contributed by atoms with Crippen molar-refractivity contribution in [2.24, 2.45) is 5.92 Å². The van der Waals surface area contributed by atoms with Crippen molar-refractivity contribution >= 4 is 23.9 Å². The molecule has 23 heavy (non-hydrogen) atoms. The molecule has 0 N–H and O–H groups in total. The zero-order valence-electron chi connectivity index (χ0n) is 12.5. The third-order valence-electron chi connectivity index (χ3n) is 4.92. The van der Waals surface area contributed by atoms with Crippen molar-refractivity contribution in [3.63, 3.8) is 0 Å². The quantitative estimate of drug-likeness (QED) is 0.615. The summed E-state index contributed by atoms with van der Waals surface area (Å²) in [6.45, 7) is 1.99. The Morgan fingerprint density at radius 2 is 2.09 bits per heavy atom. The summed E-state index contributed by atoms with van der Waals surface area (Å²) in [6.07, 6.45) is -1.53. The number of hydrogen-bond donors (Lipinski definition) is 0. The highest BCUT2D eigenvalue weighted by Gasteiger charge is 2.73. The first kappa shape index (κ1) is 14.4. The topological polar surface area (TPSA) is 102 Å². The highest BCUT2D eigenvalue weighted by Crippen LogP contribution is 2.53. The molecule has 0 aromatic carbocycles. The smallest absolute Gasteiger partial charge is 0.416 e. The fourth-order valence-electron chi connectivity index (χ4n) is 4.11. The standard InChI is InChI=1S/C14H16N2O7/c1-7(17)22-9-8(11(18)15-5-6-21-13(15)20)14-3-2-4-16(14)12(19)10(9)23-14/h8-10H,2-6H2,1H3/t8-,9-,10-,14+/m1/s1. The Morgan fingerprint density at radius 3 is 2.74 bits per heavy atom. The van der Waals surface area contributed by atoms with Gasteiger partial charge >= 0.3 is 12.1 Å². The molecule has 2 bridgehead atoms. The minimum absolute atomic E-state index is 0.134. The van der Waals surface area contributed by atoms with Crippen LogP contribution in [0.15, 0.2) is 0 Å². The number of rotatable bonds is 2.